The van der Waals surface area contributed by atoms with E-state index in [2.05, 4.69) is 26.1 Å². The van der Waals surface area contributed by atoms with Gasteiger partial charge in [-0.2, -0.15) is 0 Å². The summed E-state index contributed by atoms with van der Waals surface area (Å²) in [5.74, 6) is -1.33. The van der Waals surface area contributed by atoms with E-state index >= 15 is 0 Å². The summed E-state index contributed by atoms with van der Waals surface area (Å²) < 4.78 is 0. The summed E-state index contributed by atoms with van der Waals surface area (Å²) in [5.41, 5.74) is 3.14. The molecule has 0 radical (unpaired) electrons. The van der Waals surface area contributed by atoms with Gasteiger partial charge in [0.2, 0.25) is 0 Å². The molecule has 1 fully saturated rings. The van der Waals surface area contributed by atoms with Crippen molar-refractivity contribution in [1.82, 2.24) is 4.90 Å². The Morgan fingerprint density at radius 3 is 2.14 bits per heavy atom. The van der Waals surface area contributed by atoms with Gasteiger partial charge >= 0.3 is 0 Å². The number of carbonyl (C=O) groups is 3. The number of benzene rings is 2. The zero-order valence-electron chi connectivity index (χ0n) is 17.5. The van der Waals surface area contributed by atoms with Crippen LogP contribution in [0, 0.1) is 6.92 Å². The van der Waals surface area contributed by atoms with E-state index in [1.807, 2.05) is 17.0 Å². The fourth-order valence-corrected chi connectivity index (χ4v) is 3.53. The predicted octanol–water partition coefficient (Wildman–Crippen LogP) is 4.35. The number of ketones is 1. The van der Waals surface area contributed by atoms with Gasteiger partial charge in [-0.05, 0) is 48.4 Å². The minimum absolute atomic E-state index is 0.0245. The van der Waals surface area contributed by atoms with Crippen molar-refractivity contribution in [2.24, 2.45) is 0 Å². The Balaban J connectivity index is 1.75. The van der Waals surface area contributed by atoms with Crippen molar-refractivity contribution >= 4 is 23.3 Å². The van der Waals surface area contributed by atoms with Crippen molar-refractivity contribution in [3.05, 3.63) is 64.7 Å². The van der Waals surface area contributed by atoms with E-state index in [-0.39, 0.29) is 11.3 Å². The molecule has 0 unspecified atom stereocenters. The van der Waals surface area contributed by atoms with Crippen LogP contribution in [0.1, 0.15) is 65.5 Å². The summed E-state index contributed by atoms with van der Waals surface area (Å²) >= 11 is 0. The molecule has 0 aliphatic carbocycles. The van der Waals surface area contributed by atoms with Crippen LogP contribution < -0.4 is 5.32 Å². The zero-order valence-corrected chi connectivity index (χ0v) is 17.5. The maximum absolute atomic E-state index is 12.7. The first-order valence-electron chi connectivity index (χ1n) is 10.0. The summed E-state index contributed by atoms with van der Waals surface area (Å²) in [6.07, 6.45) is 2.04. The van der Waals surface area contributed by atoms with Gasteiger partial charge in [0, 0.05) is 29.9 Å². The molecule has 2 aromatic carbocycles. The van der Waals surface area contributed by atoms with Gasteiger partial charge in [0.15, 0.2) is 0 Å². The summed E-state index contributed by atoms with van der Waals surface area (Å²) in [5, 5.41) is 2.68. The lowest BCUT2D eigenvalue weighted by molar-refractivity contribution is -0.112. The molecule has 1 aliphatic rings. The van der Waals surface area contributed by atoms with E-state index in [0.717, 1.165) is 31.5 Å². The fourth-order valence-electron chi connectivity index (χ4n) is 3.53. The predicted molar refractivity (Wildman–Crippen MR) is 114 cm³/mol. The number of nitrogens with one attached hydrogen (secondary N) is 1. The molecule has 0 spiro atoms. The quantitative estimate of drug-likeness (QED) is 0.621. The van der Waals surface area contributed by atoms with Crippen molar-refractivity contribution in [3.8, 4) is 0 Å². The number of anilines is 1. The van der Waals surface area contributed by atoms with E-state index in [1.54, 1.807) is 37.3 Å². The Bertz CT molecular complexity index is 934. The molecule has 0 aromatic heterocycles. The first-order chi connectivity index (χ1) is 13.7. The largest absolute Gasteiger partial charge is 0.339 e. The van der Waals surface area contributed by atoms with Gasteiger partial charge in [-0.1, -0.05) is 51.1 Å². The lowest BCUT2D eigenvalue weighted by Crippen LogP contribution is -2.29. The number of Topliss-reactive ketones (excluding diaryl/α,β-unsaturated/α-hetero) is 1. The minimum Gasteiger partial charge on any atom is -0.339 e. The summed E-state index contributed by atoms with van der Waals surface area (Å²) in [6.45, 7) is 9.60. The Morgan fingerprint density at radius 1 is 0.931 bits per heavy atom. The number of hydrogen-bond donors (Lipinski definition) is 1. The second-order valence-electron chi connectivity index (χ2n) is 8.59. The molecule has 1 aliphatic heterocycles. The van der Waals surface area contributed by atoms with Crippen LogP contribution in [0.25, 0.3) is 0 Å². The highest BCUT2D eigenvalue weighted by molar-refractivity contribution is 6.46. The Kier molecular flexibility index (Phi) is 5.87. The first-order valence-corrected chi connectivity index (χ1v) is 10.0. The molecule has 0 bridgehead atoms. The van der Waals surface area contributed by atoms with Crippen LogP contribution >= 0.6 is 0 Å². The fraction of sp³-hybridized carbons (Fsp3) is 0.375. The molecule has 3 rings (SSSR count). The summed E-state index contributed by atoms with van der Waals surface area (Å²) in [4.78, 5) is 39.6. The van der Waals surface area contributed by atoms with Crippen molar-refractivity contribution in [2.45, 2.75) is 46.0 Å². The number of carbonyl (C=O) groups excluding carboxylic acids is 3. The molecular weight excluding hydrogens is 364 g/mol. The lowest BCUT2D eigenvalue weighted by atomic mass is 9.86. The molecule has 5 heteroatoms. The van der Waals surface area contributed by atoms with Crippen LogP contribution in [-0.4, -0.2) is 35.6 Å². The van der Waals surface area contributed by atoms with Crippen LogP contribution in [0.5, 0.6) is 0 Å². The van der Waals surface area contributed by atoms with Crippen LogP contribution in [0.15, 0.2) is 42.5 Å². The topological polar surface area (TPSA) is 66.5 Å². The second-order valence-corrected chi connectivity index (χ2v) is 8.59. The van der Waals surface area contributed by atoms with Crippen molar-refractivity contribution in [1.29, 1.82) is 0 Å². The number of nitrogens with zero attached hydrogens (tertiary/aromatic N) is 1. The highest BCUT2D eigenvalue weighted by Crippen LogP contribution is 2.24. The van der Waals surface area contributed by atoms with Crippen LogP contribution in [-0.2, 0) is 10.2 Å². The molecule has 1 heterocycles. The normalized spacial score (nSPS) is 14.0. The minimum atomic E-state index is -0.706. The highest BCUT2D eigenvalue weighted by Gasteiger charge is 2.23. The number of rotatable bonds is 4. The van der Waals surface area contributed by atoms with Gasteiger partial charge in [0.05, 0.1) is 0 Å². The molecule has 152 valence electrons. The number of likely N-dealkylation sites (tertiary alicyclic amines) is 1. The monoisotopic (exact) mass is 392 g/mol. The SMILES string of the molecule is Cc1c(NC(=O)C(=O)c2ccc(C(C)(C)C)cc2)cccc1C(=O)N1CCCC1. The van der Waals surface area contributed by atoms with Crippen LogP contribution in [0.2, 0.25) is 0 Å². The van der Waals surface area contributed by atoms with E-state index in [1.165, 1.54) is 0 Å². The average molecular weight is 392 g/mol. The molecule has 0 saturated carbocycles. The van der Waals surface area contributed by atoms with Gasteiger partial charge in [-0.25, -0.2) is 0 Å². The Hall–Kier alpha value is -2.95. The molecule has 1 N–H and O–H groups in total. The molecule has 29 heavy (non-hydrogen) atoms. The highest BCUT2D eigenvalue weighted by atomic mass is 16.2. The molecular formula is C24H28N2O3. The third-order valence-electron chi connectivity index (χ3n) is 5.43. The van der Waals surface area contributed by atoms with Crippen molar-refractivity contribution < 1.29 is 14.4 Å². The third kappa shape index (κ3) is 4.56. The maximum Gasteiger partial charge on any atom is 0.296 e. The summed E-state index contributed by atoms with van der Waals surface area (Å²) in [7, 11) is 0. The summed E-state index contributed by atoms with van der Waals surface area (Å²) in [6, 6.07) is 12.3. The molecule has 2 amide bonds. The van der Waals surface area contributed by atoms with Crippen molar-refractivity contribution in [3.63, 3.8) is 0 Å². The standard InChI is InChI=1S/C24H28N2O3/c1-16-19(23(29)26-14-5-6-15-26)8-7-9-20(16)25-22(28)21(27)17-10-12-18(13-11-17)24(2,3)4/h7-13H,5-6,14-15H2,1-4H3,(H,25,28). The maximum atomic E-state index is 12.7. The van der Waals surface area contributed by atoms with E-state index in [9.17, 15) is 14.4 Å². The van der Waals surface area contributed by atoms with Crippen LogP contribution in [0.3, 0.4) is 0 Å². The Morgan fingerprint density at radius 2 is 1.55 bits per heavy atom. The third-order valence-corrected chi connectivity index (χ3v) is 5.43. The number of amides is 2. The first kappa shape index (κ1) is 20.8. The van der Waals surface area contributed by atoms with E-state index in [0.29, 0.717) is 22.4 Å². The molecule has 2 aromatic rings. The van der Waals surface area contributed by atoms with Crippen molar-refractivity contribution in [2.75, 3.05) is 18.4 Å². The van der Waals surface area contributed by atoms with E-state index in [4.69, 9.17) is 0 Å². The van der Waals surface area contributed by atoms with Gasteiger partial charge in [0.1, 0.15) is 0 Å². The second kappa shape index (κ2) is 8.19. The Labute approximate surface area is 172 Å². The van der Waals surface area contributed by atoms with Gasteiger partial charge in [-0.15, -0.1) is 0 Å². The lowest BCUT2D eigenvalue weighted by Gasteiger charge is -2.19. The molecule has 0 atom stereocenters. The zero-order chi connectivity index (χ0) is 21.2. The molecule has 1 saturated heterocycles. The van der Waals surface area contributed by atoms with Gasteiger partial charge in [-0.3, -0.25) is 14.4 Å². The van der Waals surface area contributed by atoms with Crippen LogP contribution in [0.4, 0.5) is 5.69 Å². The smallest absolute Gasteiger partial charge is 0.296 e. The molecule has 5 nitrogen and oxygen atoms in total. The number of hydrogen-bond acceptors (Lipinski definition) is 3. The van der Waals surface area contributed by atoms with E-state index < -0.39 is 11.7 Å². The van der Waals surface area contributed by atoms with Gasteiger partial charge < -0.3 is 10.2 Å². The average Bonchev–Trinajstić information content (AvgIpc) is 3.22. The van der Waals surface area contributed by atoms with Gasteiger partial charge in [0.25, 0.3) is 17.6 Å².